The SMILES string of the molecule is ClCC1CC(c2ccc(-c3ccccc3)cc2)=NO1. The summed E-state index contributed by atoms with van der Waals surface area (Å²) in [6.45, 7) is 0. The molecule has 1 heterocycles. The molecule has 0 fully saturated rings. The van der Waals surface area contributed by atoms with Gasteiger partial charge in [0, 0.05) is 6.42 Å². The number of alkyl halides is 1. The number of benzene rings is 2. The van der Waals surface area contributed by atoms with Crippen molar-refractivity contribution in [3.05, 3.63) is 60.2 Å². The standard InChI is InChI=1S/C16H14ClNO/c17-11-15-10-16(18-19-15)14-8-6-13(7-9-14)12-4-2-1-3-5-12/h1-9,15H,10-11H2. The Morgan fingerprint density at radius 2 is 1.58 bits per heavy atom. The molecule has 2 aromatic rings. The van der Waals surface area contributed by atoms with Gasteiger partial charge in [-0.25, -0.2) is 0 Å². The first-order valence-electron chi connectivity index (χ1n) is 6.31. The van der Waals surface area contributed by atoms with Crippen LogP contribution in [0.5, 0.6) is 0 Å². The monoisotopic (exact) mass is 271 g/mol. The molecular formula is C16H14ClNO. The van der Waals surface area contributed by atoms with Crippen molar-refractivity contribution in [3.63, 3.8) is 0 Å². The number of rotatable bonds is 3. The Morgan fingerprint density at radius 3 is 2.21 bits per heavy atom. The molecule has 2 aromatic carbocycles. The summed E-state index contributed by atoms with van der Waals surface area (Å²) in [5.41, 5.74) is 4.51. The molecule has 19 heavy (non-hydrogen) atoms. The Labute approximate surface area is 117 Å². The topological polar surface area (TPSA) is 21.6 Å². The van der Waals surface area contributed by atoms with E-state index >= 15 is 0 Å². The van der Waals surface area contributed by atoms with Gasteiger partial charge in [-0.1, -0.05) is 59.8 Å². The quantitative estimate of drug-likeness (QED) is 0.771. The Bertz CT molecular complexity index is 577. The first kappa shape index (κ1) is 12.2. The lowest BCUT2D eigenvalue weighted by atomic mass is 10.0. The Morgan fingerprint density at radius 1 is 0.947 bits per heavy atom. The molecular weight excluding hydrogens is 258 g/mol. The highest BCUT2D eigenvalue weighted by molar-refractivity contribution is 6.18. The van der Waals surface area contributed by atoms with Crippen LogP contribution in [0.1, 0.15) is 12.0 Å². The molecule has 3 heteroatoms. The van der Waals surface area contributed by atoms with E-state index in [0.29, 0.717) is 5.88 Å². The number of hydrogen-bond acceptors (Lipinski definition) is 2. The van der Waals surface area contributed by atoms with E-state index in [1.54, 1.807) is 0 Å². The lowest BCUT2D eigenvalue weighted by molar-refractivity contribution is 0.102. The number of hydrogen-bond donors (Lipinski definition) is 0. The van der Waals surface area contributed by atoms with Gasteiger partial charge in [-0.15, -0.1) is 11.6 Å². The second-order valence-corrected chi connectivity index (χ2v) is 4.88. The van der Waals surface area contributed by atoms with Crippen molar-refractivity contribution in [2.45, 2.75) is 12.5 Å². The van der Waals surface area contributed by atoms with Crippen molar-refractivity contribution in [2.75, 3.05) is 5.88 Å². The van der Waals surface area contributed by atoms with Gasteiger partial charge in [-0.3, -0.25) is 0 Å². The highest BCUT2D eigenvalue weighted by atomic mass is 35.5. The van der Waals surface area contributed by atoms with Gasteiger partial charge >= 0.3 is 0 Å². The van der Waals surface area contributed by atoms with Crippen LogP contribution in [-0.4, -0.2) is 17.7 Å². The van der Waals surface area contributed by atoms with Gasteiger partial charge in [0.15, 0.2) is 0 Å². The van der Waals surface area contributed by atoms with E-state index in [2.05, 4.69) is 41.6 Å². The van der Waals surface area contributed by atoms with Crippen LogP contribution in [0.4, 0.5) is 0 Å². The molecule has 0 amide bonds. The average molecular weight is 272 g/mol. The zero-order valence-corrected chi connectivity index (χ0v) is 11.2. The average Bonchev–Trinajstić information content (AvgIpc) is 2.97. The van der Waals surface area contributed by atoms with Gasteiger partial charge < -0.3 is 4.84 Å². The molecule has 0 N–H and O–H groups in total. The number of nitrogens with zero attached hydrogens (tertiary/aromatic N) is 1. The van der Waals surface area contributed by atoms with Crippen LogP contribution in [0.25, 0.3) is 11.1 Å². The molecule has 0 aliphatic carbocycles. The van der Waals surface area contributed by atoms with Crippen molar-refractivity contribution in [1.29, 1.82) is 0 Å². The fraction of sp³-hybridized carbons (Fsp3) is 0.188. The summed E-state index contributed by atoms with van der Waals surface area (Å²) >= 11 is 5.77. The summed E-state index contributed by atoms with van der Waals surface area (Å²) in [6, 6.07) is 18.7. The largest absolute Gasteiger partial charge is 0.391 e. The molecule has 0 bridgehead atoms. The zero-order chi connectivity index (χ0) is 13.1. The van der Waals surface area contributed by atoms with Crippen LogP contribution in [-0.2, 0) is 4.84 Å². The van der Waals surface area contributed by atoms with Crippen molar-refractivity contribution in [2.24, 2.45) is 5.16 Å². The Hall–Kier alpha value is -1.80. The van der Waals surface area contributed by atoms with E-state index < -0.39 is 0 Å². The third-order valence-electron chi connectivity index (χ3n) is 3.23. The molecule has 2 nitrogen and oxygen atoms in total. The van der Waals surface area contributed by atoms with Gasteiger partial charge in [0.1, 0.15) is 6.10 Å². The summed E-state index contributed by atoms with van der Waals surface area (Å²) in [6.07, 6.45) is 0.805. The highest BCUT2D eigenvalue weighted by Crippen LogP contribution is 2.22. The van der Waals surface area contributed by atoms with E-state index in [4.69, 9.17) is 16.4 Å². The molecule has 1 aliphatic heterocycles. The molecule has 1 unspecified atom stereocenters. The second-order valence-electron chi connectivity index (χ2n) is 4.57. The zero-order valence-electron chi connectivity index (χ0n) is 10.4. The van der Waals surface area contributed by atoms with Crippen LogP contribution in [0.3, 0.4) is 0 Å². The number of halogens is 1. The minimum atomic E-state index is 0.0190. The van der Waals surface area contributed by atoms with Gasteiger partial charge in [0.25, 0.3) is 0 Å². The van der Waals surface area contributed by atoms with E-state index in [9.17, 15) is 0 Å². The normalized spacial score (nSPS) is 17.9. The molecule has 3 rings (SSSR count). The first-order valence-corrected chi connectivity index (χ1v) is 6.85. The predicted octanol–water partition coefficient (Wildman–Crippen LogP) is 4.09. The molecule has 96 valence electrons. The maximum Gasteiger partial charge on any atom is 0.146 e. The van der Waals surface area contributed by atoms with Gasteiger partial charge in [0.2, 0.25) is 0 Å². The highest BCUT2D eigenvalue weighted by Gasteiger charge is 2.20. The number of oxime groups is 1. The summed E-state index contributed by atoms with van der Waals surface area (Å²) in [5, 5.41) is 4.09. The van der Waals surface area contributed by atoms with Crippen LogP contribution in [0.15, 0.2) is 59.8 Å². The summed E-state index contributed by atoms with van der Waals surface area (Å²) in [4.78, 5) is 5.24. The minimum Gasteiger partial charge on any atom is -0.391 e. The Kier molecular flexibility index (Phi) is 3.51. The van der Waals surface area contributed by atoms with Crippen molar-refractivity contribution < 1.29 is 4.84 Å². The molecule has 0 saturated heterocycles. The second kappa shape index (κ2) is 5.45. The van der Waals surface area contributed by atoms with E-state index in [0.717, 1.165) is 17.7 Å². The third kappa shape index (κ3) is 2.64. The fourth-order valence-electron chi connectivity index (χ4n) is 2.17. The van der Waals surface area contributed by atoms with Crippen molar-refractivity contribution >= 4 is 17.3 Å². The van der Waals surface area contributed by atoms with Crippen LogP contribution in [0, 0.1) is 0 Å². The van der Waals surface area contributed by atoms with Crippen molar-refractivity contribution in [1.82, 2.24) is 0 Å². The molecule has 0 aromatic heterocycles. The molecule has 0 saturated carbocycles. The lowest BCUT2D eigenvalue weighted by Gasteiger charge is -2.04. The van der Waals surface area contributed by atoms with Crippen LogP contribution >= 0.6 is 11.6 Å². The molecule has 1 atom stereocenters. The molecule has 0 radical (unpaired) electrons. The van der Waals surface area contributed by atoms with Gasteiger partial charge in [-0.05, 0) is 16.7 Å². The maximum absolute atomic E-state index is 5.77. The van der Waals surface area contributed by atoms with Gasteiger partial charge in [-0.2, -0.15) is 0 Å². The first-order chi connectivity index (χ1) is 9.36. The smallest absolute Gasteiger partial charge is 0.146 e. The van der Waals surface area contributed by atoms with Crippen LogP contribution in [0.2, 0.25) is 0 Å². The van der Waals surface area contributed by atoms with Crippen LogP contribution < -0.4 is 0 Å². The maximum atomic E-state index is 5.77. The van der Waals surface area contributed by atoms with Gasteiger partial charge in [0.05, 0.1) is 11.6 Å². The fourth-order valence-corrected chi connectivity index (χ4v) is 2.33. The Balaban J connectivity index is 1.80. The summed E-state index contributed by atoms with van der Waals surface area (Å²) in [5.74, 6) is 0.481. The van der Waals surface area contributed by atoms with E-state index in [-0.39, 0.29) is 6.10 Å². The summed E-state index contributed by atoms with van der Waals surface area (Å²) in [7, 11) is 0. The minimum absolute atomic E-state index is 0.0190. The lowest BCUT2D eigenvalue weighted by Crippen LogP contribution is -2.09. The summed E-state index contributed by atoms with van der Waals surface area (Å²) < 4.78 is 0. The predicted molar refractivity (Wildman–Crippen MR) is 78.6 cm³/mol. The van der Waals surface area contributed by atoms with E-state index in [1.165, 1.54) is 11.1 Å². The van der Waals surface area contributed by atoms with E-state index in [1.807, 2.05) is 18.2 Å². The molecule has 0 spiro atoms. The third-order valence-corrected chi connectivity index (χ3v) is 3.57. The van der Waals surface area contributed by atoms with Crippen molar-refractivity contribution in [3.8, 4) is 11.1 Å². The molecule has 1 aliphatic rings.